The summed E-state index contributed by atoms with van der Waals surface area (Å²) in [6, 6.07) is 15.1. The van der Waals surface area contributed by atoms with Crippen LogP contribution in [0.2, 0.25) is 5.02 Å². The number of benzene rings is 2. The van der Waals surface area contributed by atoms with Gasteiger partial charge in [-0.1, -0.05) is 36.7 Å². The van der Waals surface area contributed by atoms with Gasteiger partial charge in [0.05, 0.1) is 24.9 Å². The second-order valence-electron chi connectivity index (χ2n) is 5.42. The van der Waals surface area contributed by atoms with Gasteiger partial charge < -0.3 is 9.47 Å². The van der Waals surface area contributed by atoms with Crippen LogP contribution >= 0.6 is 11.6 Å². The highest BCUT2D eigenvalue weighted by atomic mass is 35.5. The summed E-state index contributed by atoms with van der Waals surface area (Å²) >= 11 is 5.90. The van der Waals surface area contributed by atoms with E-state index < -0.39 is 0 Å². The first-order valence-electron chi connectivity index (χ1n) is 7.79. The Labute approximate surface area is 148 Å². The molecule has 0 amide bonds. The zero-order valence-electron chi connectivity index (χ0n) is 14.0. The first-order chi connectivity index (χ1) is 11.6. The topological polar surface area (TPSA) is 42.2 Å². The Kier molecular flexibility index (Phi) is 6.28. The first kappa shape index (κ1) is 17.9. The molecule has 0 aliphatic carbocycles. The van der Waals surface area contributed by atoms with Gasteiger partial charge in [0.1, 0.15) is 0 Å². The van der Waals surface area contributed by atoms with Gasteiger partial charge in [0, 0.05) is 5.02 Å². The molecule has 1 atom stereocenters. The third-order valence-electron chi connectivity index (χ3n) is 3.68. The normalized spacial score (nSPS) is 12.4. The number of methoxy groups -OCH3 is 1. The summed E-state index contributed by atoms with van der Waals surface area (Å²) in [5.74, 6) is 1.35. The van der Waals surface area contributed by atoms with E-state index in [9.17, 15) is 5.26 Å². The maximum Gasteiger partial charge on any atom is 0.161 e. The molecule has 0 N–H and O–H groups in total. The van der Waals surface area contributed by atoms with E-state index in [-0.39, 0.29) is 6.10 Å². The van der Waals surface area contributed by atoms with Crippen LogP contribution < -0.4 is 9.47 Å². The maximum atomic E-state index is 9.43. The highest BCUT2D eigenvalue weighted by molar-refractivity contribution is 6.30. The second-order valence-corrected chi connectivity index (χ2v) is 5.86. The molecule has 0 bridgehead atoms. The van der Waals surface area contributed by atoms with Crippen molar-refractivity contribution in [2.45, 2.75) is 26.4 Å². The number of halogens is 1. The molecular formula is C20H20ClNO2. The van der Waals surface area contributed by atoms with Crippen molar-refractivity contribution in [1.29, 1.82) is 5.26 Å². The number of rotatable bonds is 6. The van der Waals surface area contributed by atoms with Crippen LogP contribution in [0.3, 0.4) is 0 Å². The smallest absolute Gasteiger partial charge is 0.161 e. The Morgan fingerprint density at radius 1 is 1.21 bits per heavy atom. The Morgan fingerprint density at radius 2 is 1.92 bits per heavy atom. The zero-order chi connectivity index (χ0) is 17.5. The Hall–Kier alpha value is -2.44. The van der Waals surface area contributed by atoms with Crippen LogP contribution in [0.5, 0.6) is 11.5 Å². The minimum atomic E-state index is 0.115. The largest absolute Gasteiger partial charge is 0.493 e. The molecule has 0 aromatic heterocycles. The van der Waals surface area contributed by atoms with Crippen molar-refractivity contribution in [3.8, 4) is 17.6 Å². The van der Waals surface area contributed by atoms with E-state index in [4.69, 9.17) is 21.1 Å². The summed E-state index contributed by atoms with van der Waals surface area (Å²) in [7, 11) is 1.61. The molecule has 3 nitrogen and oxygen atoms in total. The van der Waals surface area contributed by atoms with Crippen molar-refractivity contribution in [3.05, 3.63) is 58.6 Å². The van der Waals surface area contributed by atoms with Crippen LogP contribution in [-0.2, 0) is 0 Å². The third-order valence-corrected chi connectivity index (χ3v) is 3.93. The minimum Gasteiger partial charge on any atom is -0.493 e. The molecule has 0 radical (unpaired) electrons. The van der Waals surface area contributed by atoms with Gasteiger partial charge >= 0.3 is 0 Å². The lowest BCUT2D eigenvalue weighted by Crippen LogP contribution is -2.10. The lowest BCUT2D eigenvalue weighted by Gasteiger charge is -2.15. The van der Waals surface area contributed by atoms with Crippen molar-refractivity contribution in [2.75, 3.05) is 7.11 Å². The first-order valence-corrected chi connectivity index (χ1v) is 8.17. The zero-order valence-corrected chi connectivity index (χ0v) is 14.8. The second kappa shape index (κ2) is 8.42. The standard InChI is InChI=1S/C20H20ClNO2/c1-4-14(2)24-19-10-5-15(12-20(19)23-3)11-17(13-22)16-6-8-18(21)9-7-16/h5-12,14H,4H2,1-3H3/b17-11+. The number of hydrogen-bond donors (Lipinski definition) is 0. The predicted octanol–water partition coefficient (Wildman–Crippen LogP) is 5.59. The average molecular weight is 342 g/mol. The summed E-state index contributed by atoms with van der Waals surface area (Å²) in [6.45, 7) is 4.08. The van der Waals surface area contributed by atoms with Crippen LogP contribution in [0.4, 0.5) is 0 Å². The fourth-order valence-corrected chi connectivity index (χ4v) is 2.27. The van der Waals surface area contributed by atoms with E-state index >= 15 is 0 Å². The molecule has 0 heterocycles. The van der Waals surface area contributed by atoms with Gasteiger partial charge in [0.15, 0.2) is 11.5 Å². The summed E-state index contributed by atoms with van der Waals surface area (Å²) in [6.07, 6.45) is 2.85. The quantitative estimate of drug-likeness (QED) is 0.508. The van der Waals surface area contributed by atoms with Gasteiger partial charge in [0.25, 0.3) is 0 Å². The Morgan fingerprint density at radius 3 is 2.50 bits per heavy atom. The molecule has 4 heteroatoms. The molecule has 1 unspecified atom stereocenters. The fourth-order valence-electron chi connectivity index (χ4n) is 2.15. The summed E-state index contributed by atoms with van der Waals surface area (Å²) in [5, 5.41) is 10.1. The van der Waals surface area contributed by atoms with Gasteiger partial charge in [-0.2, -0.15) is 5.26 Å². The lowest BCUT2D eigenvalue weighted by atomic mass is 10.0. The molecule has 0 spiro atoms. The van der Waals surface area contributed by atoms with Gasteiger partial charge in [-0.25, -0.2) is 0 Å². The monoisotopic (exact) mass is 341 g/mol. The van der Waals surface area contributed by atoms with E-state index in [2.05, 4.69) is 13.0 Å². The van der Waals surface area contributed by atoms with Gasteiger partial charge in [0.2, 0.25) is 0 Å². The van der Waals surface area contributed by atoms with Crippen molar-refractivity contribution in [3.63, 3.8) is 0 Å². The van der Waals surface area contributed by atoms with Crippen LogP contribution in [0, 0.1) is 11.3 Å². The number of hydrogen-bond acceptors (Lipinski definition) is 3. The molecule has 2 rings (SSSR count). The van der Waals surface area contributed by atoms with E-state index in [1.807, 2.05) is 43.3 Å². The number of nitrogens with zero attached hydrogens (tertiary/aromatic N) is 1. The maximum absolute atomic E-state index is 9.43. The van der Waals surface area contributed by atoms with E-state index in [0.717, 1.165) is 17.5 Å². The van der Waals surface area contributed by atoms with E-state index in [0.29, 0.717) is 22.1 Å². The van der Waals surface area contributed by atoms with Gasteiger partial charge in [-0.15, -0.1) is 0 Å². The summed E-state index contributed by atoms with van der Waals surface area (Å²) < 4.78 is 11.3. The highest BCUT2D eigenvalue weighted by Gasteiger charge is 2.09. The van der Waals surface area contributed by atoms with Crippen LogP contribution in [0.1, 0.15) is 31.4 Å². The SMILES string of the molecule is CCC(C)Oc1ccc(/C=C(\C#N)c2ccc(Cl)cc2)cc1OC. The Bertz CT molecular complexity index is 760. The van der Waals surface area contributed by atoms with Gasteiger partial charge in [-0.3, -0.25) is 0 Å². The fraction of sp³-hybridized carbons (Fsp3) is 0.250. The van der Waals surface area contributed by atoms with Crippen molar-refractivity contribution in [1.82, 2.24) is 0 Å². The van der Waals surface area contributed by atoms with Crippen molar-refractivity contribution in [2.24, 2.45) is 0 Å². The van der Waals surface area contributed by atoms with E-state index in [1.54, 1.807) is 19.2 Å². The molecule has 0 fully saturated rings. The molecular weight excluding hydrogens is 322 g/mol. The molecule has 0 saturated heterocycles. The summed E-state index contributed by atoms with van der Waals surface area (Å²) in [5.41, 5.74) is 2.25. The van der Waals surface area contributed by atoms with Crippen molar-refractivity contribution < 1.29 is 9.47 Å². The van der Waals surface area contributed by atoms with Crippen molar-refractivity contribution >= 4 is 23.3 Å². The van der Waals surface area contributed by atoms with Gasteiger partial charge in [-0.05, 0) is 54.8 Å². The molecule has 24 heavy (non-hydrogen) atoms. The predicted molar refractivity (Wildman–Crippen MR) is 98.3 cm³/mol. The number of nitriles is 1. The highest BCUT2D eigenvalue weighted by Crippen LogP contribution is 2.31. The molecule has 0 saturated carbocycles. The third kappa shape index (κ3) is 4.53. The number of ether oxygens (including phenoxy) is 2. The molecule has 0 aliphatic rings. The number of allylic oxidation sites excluding steroid dienone is 1. The lowest BCUT2D eigenvalue weighted by molar-refractivity contribution is 0.207. The minimum absolute atomic E-state index is 0.115. The molecule has 2 aromatic rings. The van der Waals surface area contributed by atoms with Crippen LogP contribution in [0.15, 0.2) is 42.5 Å². The summed E-state index contributed by atoms with van der Waals surface area (Å²) in [4.78, 5) is 0. The van der Waals surface area contributed by atoms with E-state index in [1.165, 1.54) is 0 Å². The average Bonchev–Trinajstić information content (AvgIpc) is 2.61. The van der Waals surface area contributed by atoms with Crippen LogP contribution in [0.25, 0.3) is 11.6 Å². The van der Waals surface area contributed by atoms with Crippen LogP contribution in [-0.4, -0.2) is 13.2 Å². The molecule has 124 valence electrons. The Balaban J connectivity index is 2.34. The molecule has 2 aromatic carbocycles. The molecule has 0 aliphatic heterocycles.